The molecule has 8 heteroatoms. The van der Waals surface area contributed by atoms with E-state index >= 15 is 0 Å². The quantitative estimate of drug-likeness (QED) is 0.158. The summed E-state index contributed by atoms with van der Waals surface area (Å²) in [6.45, 7) is 4.61. The Morgan fingerprint density at radius 2 is 0.831 bits per heavy atom. The van der Waals surface area contributed by atoms with Gasteiger partial charge in [-0.2, -0.15) is 9.97 Å². The minimum absolute atomic E-state index is 0.256. The molecule has 0 saturated carbocycles. The minimum atomic E-state index is -0.256. The van der Waals surface area contributed by atoms with Crippen LogP contribution in [0.25, 0.3) is 123 Å². The van der Waals surface area contributed by atoms with Gasteiger partial charge in [0.25, 0.3) is 0 Å². The molecule has 0 aliphatic heterocycles. The molecule has 1 aliphatic rings. The summed E-state index contributed by atoms with van der Waals surface area (Å²) in [5.41, 5.74) is 14.5. The lowest BCUT2D eigenvalue weighted by Gasteiger charge is -2.24. The Labute approximate surface area is 409 Å². The molecule has 0 unspecified atom stereocenters. The van der Waals surface area contributed by atoms with Crippen molar-refractivity contribution in [1.29, 1.82) is 0 Å². The number of para-hydroxylation sites is 2. The van der Waals surface area contributed by atoms with E-state index in [0.29, 0.717) is 35.1 Å². The maximum atomic E-state index is 5.37. The number of rotatable bonds is 7. The van der Waals surface area contributed by atoms with Crippen LogP contribution in [0.3, 0.4) is 0 Å². The SMILES string of the molecule is CC1(C)c2ccccc2-c2cccc(-c3nc(-c4ccccc4)nc(-c4cccc(-n5c6ccccc6c6c5ccc5c7ccccc7n(-c7nc(-c8ccccc8)nc(-c8ccccc8)n7)c56)c4)n3)c21. The average molecular weight is 911 g/mol. The molecule has 0 N–H and O–H groups in total. The molecule has 0 bridgehead atoms. The van der Waals surface area contributed by atoms with Crippen molar-refractivity contribution >= 4 is 43.6 Å². The minimum Gasteiger partial charge on any atom is -0.309 e. The third kappa shape index (κ3) is 6.38. The Morgan fingerprint density at radius 3 is 1.51 bits per heavy atom. The fourth-order valence-corrected chi connectivity index (χ4v) is 11.1. The zero-order valence-electron chi connectivity index (χ0n) is 38.9. The normalized spacial score (nSPS) is 12.8. The van der Waals surface area contributed by atoms with Gasteiger partial charge in [-0.15, -0.1) is 0 Å². The second-order valence-corrected chi connectivity index (χ2v) is 18.7. The molecule has 8 nitrogen and oxygen atoms in total. The predicted molar refractivity (Wildman–Crippen MR) is 287 cm³/mol. The van der Waals surface area contributed by atoms with Crippen LogP contribution in [-0.4, -0.2) is 39.0 Å². The molecule has 334 valence electrons. The fraction of sp³-hybridized carbons (Fsp3) is 0.0476. The number of aromatic nitrogens is 8. The van der Waals surface area contributed by atoms with Gasteiger partial charge in [0.05, 0.1) is 22.1 Å². The van der Waals surface area contributed by atoms with Crippen molar-refractivity contribution in [2.75, 3.05) is 0 Å². The number of hydrogen-bond donors (Lipinski definition) is 0. The lowest BCUT2D eigenvalue weighted by molar-refractivity contribution is 0.661. The maximum absolute atomic E-state index is 5.37. The van der Waals surface area contributed by atoms with Crippen molar-refractivity contribution in [2.24, 2.45) is 0 Å². The van der Waals surface area contributed by atoms with E-state index in [0.717, 1.165) is 77.1 Å². The Bertz CT molecular complexity index is 4190. The summed E-state index contributed by atoms with van der Waals surface area (Å²) in [5.74, 6) is 3.63. The van der Waals surface area contributed by atoms with E-state index in [1.807, 2.05) is 78.9 Å². The summed E-state index contributed by atoms with van der Waals surface area (Å²) in [6, 6.07) is 76.0. The van der Waals surface area contributed by atoms with Crippen LogP contribution < -0.4 is 0 Å². The standard InChI is InChI=1S/C63H42N8/c1-63(2)50-33-15-12-28-44(50)46-31-19-32-49(55(46)63)61-66-57(39-20-6-3-7-21-39)64-60(67-61)42-26-18-27-43(38-42)70-52-35-17-14-30-48(52)54-53(70)37-36-47-45-29-13-16-34-51(45)71(56(47)54)62-68-58(40-22-8-4-9-23-40)65-59(69-62)41-24-10-5-11-25-41/h3-38H,1-2H3. The summed E-state index contributed by atoms with van der Waals surface area (Å²) < 4.78 is 4.59. The summed E-state index contributed by atoms with van der Waals surface area (Å²) in [4.78, 5) is 31.5. The van der Waals surface area contributed by atoms with E-state index < -0.39 is 0 Å². The Morgan fingerprint density at radius 1 is 0.338 bits per heavy atom. The van der Waals surface area contributed by atoms with Gasteiger partial charge in [0.2, 0.25) is 5.95 Å². The first-order chi connectivity index (χ1) is 35.0. The van der Waals surface area contributed by atoms with Crippen LogP contribution in [-0.2, 0) is 5.41 Å². The van der Waals surface area contributed by atoms with Gasteiger partial charge in [0, 0.05) is 60.5 Å². The van der Waals surface area contributed by atoms with Gasteiger partial charge in [0.1, 0.15) is 0 Å². The highest BCUT2D eigenvalue weighted by molar-refractivity contribution is 6.26. The maximum Gasteiger partial charge on any atom is 0.238 e. The van der Waals surface area contributed by atoms with Crippen molar-refractivity contribution in [3.63, 3.8) is 0 Å². The van der Waals surface area contributed by atoms with Gasteiger partial charge < -0.3 is 4.57 Å². The van der Waals surface area contributed by atoms with E-state index in [2.05, 4.69) is 163 Å². The molecule has 0 spiro atoms. The average Bonchev–Trinajstić information content (AvgIpc) is 4.04. The highest BCUT2D eigenvalue weighted by Gasteiger charge is 2.38. The van der Waals surface area contributed by atoms with Gasteiger partial charge in [0.15, 0.2) is 29.1 Å². The number of benzene rings is 9. The number of fused-ring (bicyclic) bond motifs is 10. The third-order valence-corrected chi connectivity index (χ3v) is 14.2. The van der Waals surface area contributed by atoms with Crippen LogP contribution >= 0.6 is 0 Å². The molecular formula is C63H42N8. The summed E-state index contributed by atoms with van der Waals surface area (Å²) >= 11 is 0. The summed E-state index contributed by atoms with van der Waals surface area (Å²) in [6.07, 6.45) is 0. The van der Waals surface area contributed by atoms with Crippen molar-refractivity contribution in [2.45, 2.75) is 19.3 Å². The lowest BCUT2D eigenvalue weighted by atomic mass is 9.80. The van der Waals surface area contributed by atoms with Crippen LogP contribution in [0.4, 0.5) is 0 Å². The van der Waals surface area contributed by atoms with Crippen LogP contribution in [0.5, 0.6) is 0 Å². The van der Waals surface area contributed by atoms with Crippen molar-refractivity contribution in [3.8, 4) is 79.7 Å². The molecule has 0 amide bonds. The Hall–Kier alpha value is -9.40. The van der Waals surface area contributed by atoms with Crippen molar-refractivity contribution in [1.82, 2.24) is 39.0 Å². The van der Waals surface area contributed by atoms with Crippen molar-refractivity contribution in [3.05, 3.63) is 230 Å². The predicted octanol–water partition coefficient (Wildman–Crippen LogP) is 14.9. The van der Waals surface area contributed by atoms with E-state index in [4.69, 9.17) is 29.9 Å². The van der Waals surface area contributed by atoms with E-state index in [1.54, 1.807) is 0 Å². The molecule has 0 atom stereocenters. The zero-order chi connectivity index (χ0) is 47.2. The Kier molecular flexibility index (Phi) is 9.06. The van der Waals surface area contributed by atoms with Gasteiger partial charge in [-0.1, -0.05) is 202 Å². The third-order valence-electron chi connectivity index (χ3n) is 14.2. The smallest absolute Gasteiger partial charge is 0.238 e. The number of hydrogen-bond acceptors (Lipinski definition) is 6. The van der Waals surface area contributed by atoms with Gasteiger partial charge in [-0.25, -0.2) is 19.9 Å². The molecule has 71 heavy (non-hydrogen) atoms. The van der Waals surface area contributed by atoms with Gasteiger partial charge >= 0.3 is 0 Å². The monoisotopic (exact) mass is 910 g/mol. The summed E-state index contributed by atoms with van der Waals surface area (Å²) in [5, 5.41) is 4.43. The van der Waals surface area contributed by atoms with E-state index in [-0.39, 0.29) is 5.41 Å². The largest absolute Gasteiger partial charge is 0.309 e. The second kappa shape index (κ2) is 15.8. The van der Waals surface area contributed by atoms with Crippen LogP contribution in [0.2, 0.25) is 0 Å². The fourth-order valence-electron chi connectivity index (χ4n) is 11.1. The molecule has 14 rings (SSSR count). The van der Waals surface area contributed by atoms with E-state index in [9.17, 15) is 0 Å². The zero-order valence-corrected chi connectivity index (χ0v) is 38.9. The first kappa shape index (κ1) is 40.6. The molecule has 9 aromatic carbocycles. The molecule has 1 aliphatic carbocycles. The first-order valence-electron chi connectivity index (χ1n) is 24.0. The lowest BCUT2D eigenvalue weighted by Crippen LogP contribution is -2.17. The molecule has 0 fully saturated rings. The molecule has 0 saturated heterocycles. The molecule has 13 aromatic rings. The van der Waals surface area contributed by atoms with Crippen molar-refractivity contribution < 1.29 is 0 Å². The van der Waals surface area contributed by atoms with Gasteiger partial charge in [-0.05, 0) is 52.6 Å². The van der Waals surface area contributed by atoms with Crippen LogP contribution in [0, 0.1) is 0 Å². The second-order valence-electron chi connectivity index (χ2n) is 18.7. The summed E-state index contributed by atoms with van der Waals surface area (Å²) in [7, 11) is 0. The van der Waals surface area contributed by atoms with Crippen LogP contribution in [0.15, 0.2) is 218 Å². The highest BCUT2D eigenvalue weighted by atomic mass is 15.2. The molecule has 4 aromatic heterocycles. The molecular weight excluding hydrogens is 869 g/mol. The number of nitrogens with zero attached hydrogens (tertiary/aromatic N) is 8. The molecule has 4 heterocycles. The van der Waals surface area contributed by atoms with E-state index in [1.165, 1.54) is 22.3 Å². The highest BCUT2D eigenvalue weighted by Crippen LogP contribution is 2.52. The Balaban J connectivity index is 0.991. The molecule has 0 radical (unpaired) electrons. The van der Waals surface area contributed by atoms with Crippen LogP contribution in [0.1, 0.15) is 25.0 Å². The van der Waals surface area contributed by atoms with Gasteiger partial charge in [-0.3, -0.25) is 4.57 Å². The topological polar surface area (TPSA) is 87.2 Å². The first-order valence-corrected chi connectivity index (χ1v) is 24.0.